The predicted octanol–water partition coefficient (Wildman–Crippen LogP) is 4.76. The molecule has 38 heavy (non-hydrogen) atoms. The van der Waals surface area contributed by atoms with Crippen molar-refractivity contribution in [1.29, 1.82) is 0 Å². The van der Waals surface area contributed by atoms with Crippen molar-refractivity contribution in [2.75, 3.05) is 23.8 Å². The maximum Gasteiger partial charge on any atom is 0.327 e. The van der Waals surface area contributed by atoms with E-state index in [-0.39, 0.29) is 38.7 Å². The summed E-state index contributed by atoms with van der Waals surface area (Å²) in [5.74, 6) is -2.00. The summed E-state index contributed by atoms with van der Waals surface area (Å²) in [6, 6.07) is 9.61. The van der Waals surface area contributed by atoms with Crippen molar-refractivity contribution in [1.82, 2.24) is 20.3 Å². The van der Waals surface area contributed by atoms with Crippen LogP contribution in [0.2, 0.25) is 5.02 Å². The van der Waals surface area contributed by atoms with Crippen molar-refractivity contribution in [2.45, 2.75) is 4.90 Å². The van der Waals surface area contributed by atoms with Crippen LogP contribution in [0.3, 0.4) is 0 Å². The van der Waals surface area contributed by atoms with E-state index in [2.05, 4.69) is 25.0 Å². The van der Waals surface area contributed by atoms with Gasteiger partial charge in [0.1, 0.15) is 16.5 Å². The lowest BCUT2D eigenvalue weighted by Gasteiger charge is -2.24. The van der Waals surface area contributed by atoms with Crippen LogP contribution in [0, 0.1) is 11.6 Å². The number of hydrogen-bond acceptors (Lipinski definition) is 7. The Labute approximate surface area is 221 Å². The molecule has 0 aliphatic carbocycles. The molecule has 0 saturated heterocycles. The second kappa shape index (κ2) is 10.9. The smallest absolute Gasteiger partial charge is 0.327 e. The summed E-state index contributed by atoms with van der Waals surface area (Å²) in [6.45, 7) is 0. The van der Waals surface area contributed by atoms with Gasteiger partial charge in [0.15, 0.2) is 11.6 Å². The second-order valence-electron chi connectivity index (χ2n) is 7.55. The van der Waals surface area contributed by atoms with Crippen LogP contribution < -0.4 is 19.7 Å². The molecule has 0 saturated carbocycles. The Hall–Kier alpha value is -4.36. The van der Waals surface area contributed by atoms with Gasteiger partial charge < -0.3 is 10.1 Å². The molecule has 2 amide bonds. The Morgan fingerprint density at radius 3 is 2.37 bits per heavy atom. The lowest BCUT2D eigenvalue weighted by Crippen LogP contribution is -2.35. The van der Waals surface area contributed by atoms with Gasteiger partial charge in [-0.25, -0.2) is 46.6 Å². The van der Waals surface area contributed by atoms with Crippen molar-refractivity contribution < 1.29 is 26.7 Å². The monoisotopic (exact) mass is 560 g/mol. The lowest BCUT2D eigenvalue weighted by molar-refractivity contribution is 0.250. The number of benzene rings is 2. The molecule has 4 aromatic rings. The molecular weight excluding hydrogens is 542 g/mol. The summed E-state index contributed by atoms with van der Waals surface area (Å²) in [6.07, 6.45) is 3.81. The summed E-state index contributed by atoms with van der Waals surface area (Å²) < 4.78 is 60.3. The molecule has 0 bridgehead atoms. The van der Waals surface area contributed by atoms with Crippen molar-refractivity contribution in [3.8, 4) is 16.9 Å². The number of methoxy groups -OCH3 is 1. The third kappa shape index (κ3) is 5.48. The normalized spacial score (nSPS) is 11.1. The van der Waals surface area contributed by atoms with E-state index in [4.69, 9.17) is 16.3 Å². The molecular formula is C24H19ClF2N6O4S. The van der Waals surface area contributed by atoms with Crippen LogP contribution in [-0.4, -0.2) is 43.6 Å². The Morgan fingerprint density at radius 2 is 1.76 bits per heavy atom. The number of pyridine rings is 1. The van der Waals surface area contributed by atoms with Gasteiger partial charge in [-0.05, 0) is 48.0 Å². The number of sulfonamides is 1. The molecule has 4 rings (SSSR count). The minimum absolute atomic E-state index is 0.0363. The summed E-state index contributed by atoms with van der Waals surface area (Å²) >= 11 is 6.48. The number of nitrogens with zero attached hydrogens (tertiary/aromatic N) is 4. The van der Waals surface area contributed by atoms with Crippen molar-refractivity contribution in [2.24, 2.45) is 0 Å². The SMILES string of the molecule is CNC(=O)N(c1ccc(S(=O)(=O)Nc2ncccn2)cn1)c1cc(Cl)c(-c2ccc(F)c(F)c2)cc1OC. The number of urea groups is 1. The van der Waals surface area contributed by atoms with E-state index in [0.717, 1.165) is 23.2 Å². The van der Waals surface area contributed by atoms with E-state index in [1.54, 1.807) is 0 Å². The highest BCUT2D eigenvalue weighted by atomic mass is 35.5. The first-order chi connectivity index (χ1) is 18.1. The van der Waals surface area contributed by atoms with Crippen LogP contribution in [0.25, 0.3) is 11.1 Å². The van der Waals surface area contributed by atoms with E-state index >= 15 is 0 Å². The number of hydrogen-bond donors (Lipinski definition) is 2. The summed E-state index contributed by atoms with van der Waals surface area (Å²) in [4.78, 5) is 25.6. The van der Waals surface area contributed by atoms with Gasteiger partial charge in [-0.1, -0.05) is 17.7 Å². The Bertz CT molecular complexity index is 1590. The zero-order valence-corrected chi connectivity index (χ0v) is 21.4. The minimum atomic E-state index is -4.07. The van der Waals surface area contributed by atoms with Crippen molar-refractivity contribution in [3.05, 3.63) is 83.8 Å². The minimum Gasteiger partial charge on any atom is -0.495 e. The van der Waals surface area contributed by atoms with E-state index in [1.807, 2.05) is 0 Å². The van der Waals surface area contributed by atoms with Gasteiger partial charge in [0.25, 0.3) is 10.0 Å². The molecule has 0 spiro atoms. The quantitative estimate of drug-likeness (QED) is 0.334. The van der Waals surface area contributed by atoms with E-state index in [1.165, 1.54) is 62.9 Å². The van der Waals surface area contributed by atoms with Crippen LogP contribution in [-0.2, 0) is 10.0 Å². The van der Waals surface area contributed by atoms with Gasteiger partial charge in [-0.3, -0.25) is 0 Å². The fraction of sp³-hybridized carbons (Fsp3) is 0.0833. The van der Waals surface area contributed by atoms with Gasteiger partial charge in [-0.15, -0.1) is 0 Å². The molecule has 0 fully saturated rings. The first kappa shape index (κ1) is 26.7. The first-order valence-corrected chi connectivity index (χ1v) is 12.6. The Kier molecular flexibility index (Phi) is 7.69. The lowest BCUT2D eigenvalue weighted by atomic mass is 10.0. The Balaban J connectivity index is 1.74. The maximum atomic E-state index is 13.8. The van der Waals surface area contributed by atoms with Crippen LogP contribution in [0.1, 0.15) is 0 Å². The highest BCUT2D eigenvalue weighted by molar-refractivity contribution is 7.92. The number of ether oxygens (including phenoxy) is 1. The molecule has 14 heteroatoms. The predicted molar refractivity (Wildman–Crippen MR) is 137 cm³/mol. The average molecular weight is 561 g/mol. The average Bonchev–Trinajstić information content (AvgIpc) is 2.91. The molecule has 10 nitrogen and oxygen atoms in total. The summed E-state index contributed by atoms with van der Waals surface area (Å²) in [7, 11) is -1.33. The van der Waals surface area contributed by atoms with Crippen molar-refractivity contribution >= 4 is 45.1 Å². The number of anilines is 3. The number of nitrogens with one attached hydrogen (secondary N) is 2. The van der Waals surface area contributed by atoms with Gasteiger partial charge in [-0.2, -0.15) is 0 Å². The molecule has 2 N–H and O–H groups in total. The van der Waals surface area contributed by atoms with Gasteiger partial charge >= 0.3 is 6.03 Å². The third-order valence-corrected chi connectivity index (χ3v) is 6.83. The van der Waals surface area contributed by atoms with E-state index in [9.17, 15) is 22.0 Å². The number of carbonyl (C=O) groups is 1. The number of rotatable bonds is 7. The summed E-state index contributed by atoms with van der Waals surface area (Å²) in [5.41, 5.74) is 0.765. The Morgan fingerprint density at radius 1 is 1.03 bits per heavy atom. The van der Waals surface area contributed by atoms with Gasteiger partial charge in [0.2, 0.25) is 5.95 Å². The molecule has 0 radical (unpaired) electrons. The zero-order valence-electron chi connectivity index (χ0n) is 19.8. The van der Waals surface area contributed by atoms with Crippen LogP contribution in [0.5, 0.6) is 5.75 Å². The van der Waals surface area contributed by atoms with E-state index < -0.39 is 27.7 Å². The van der Waals surface area contributed by atoms with Crippen LogP contribution in [0.15, 0.2) is 72.0 Å². The van der Waals surface area contributed by atoms with Crippen molar-refractivity contribution in [3.63, 3.8) is 0 Å². The van der Waals surface area contributed by atoms with Crippen LogP contribution >= 0.6 is 11.6 Å². The van der Waals surface area contributed by atoms with Gasteiger partial charge in [0.05, 0.1) is 17.8 Å². The number of amides is 2. The topological polar surface area (TPSA) is 126 Å². The molecule has 0 aliphatic heterocycles. The van der Waals surface area contributed by atoms with Crippen LogP contribution in [0.4, 0.5) is 31.0 Å². The molecule has 2 aromatic heterocycles. The molecule has 2 aromatic carbocycles. The largest absolute Gasteiger partial charge is 0.495 e. The highest BCUT2D eigenvalue weighted by Crippen LogP contribution is 2.41. The molecule has 0 unspecified atom stereocenters. The number of aromatic nitrogens is 3. The molecule has 196 valence electrons. The second-order valence-corrected chi connectivity index (χ2v) is 9.64. The fourth-order valence-corrected chi connectivity index (χ4v) is 4.58. The third-order valence-electron chi connectivity index (χ3n) is 5.21. The fourth-order valence-electron chi connectivity index (χ4n) is 3.41. The van der Waals surface area contributed by atoms with E-state index in [0.29, 0.717) is 5.56 Å². The first-order valence-electron chi connectivity index (χ1n) is 10.8. The zero-order chi connectivity index (χ0) is 27.4. The highest BCUT2D eigenvalue weighted by Gasteiger charge is 2.25. The molecule has 2 heterocycles. The summed E-state index contributed by atoms with van der Waals surface area (Å²) in [5, 5.41) is 2.58. The molecule has 0 atom stereocenters. The van der Waals surface area contributed by atoms with Gasteiger partial charge in [0, 0.05) is 31.2 Å². The standard InChI is InChI=1S/C24H19ClF2N6O4S/c1-28-24(34)33(22-7-5-15(13-31-22)38(35,36)32-23-29-8-3-9-30-23)20-12-17(25)16(11-21(20)37-2)14-4-6-18(26)19(27)10-14/h3-13H,1-2H3,(H,28,34)(H,29,30,32). The number of carbonyl (C=O) groups excluding carboxylic acids is 1. The molecule has 0 aliphatic rings. The maximum absolute atomic E-state index is 13.8. The number of halogens is 3.